The maximum atomic E-state index is 12.7. The van der Waals surface area contributed by atoms with Crippen LogP contribution in [0.1, 0.15) is 5.56 Å². The molecule has 0 spiro atoms. The van der Waals surface area contributed by atoms with E-state index in [0.29, 0.717) is 5.56 Å². The van der Waals surface area contributed by atoms with Gasteiger partial charge in [-0.3, -0.25) is 0 Å². The third-order valence-electron chi connectivity index (χ3n) is 3.56. The number of sulfonamides is 1. The second-order valence-corrected chi connectivity index (χ2v) is 7.55. The van der Waals surface area contributed by atoms with Crippen LogP contribution in [0.3, 0.4) is 0 Å². The number of benzene rings is 3. The topological polar surface area (TPSA) is 70.6 Å². The molecule has 5 nitrogen and oxygen atoms in total. The van der Waals surface area contributed by atoms with Crippen LogP contribution >= 0.6 is 12.2 Å². The maximum Gasteiger partial charge on any atom is 0.284 e. The lowest BCUT2D eigenvalue weighted by Gasteiger charge is -2.13. The van der Waals surface area contributed by atoms with Gasteiger partial charge in [0, 0.05) is 11.3 Å². The average molecular weight is 396 g/mol. The first-order valence-corrected chi connectivity index (χ1v) is 9.98. The molecule has 0 aromatic heterocycles. The summed E-state index contributed by atoms with van der Waals surface area (Å²) in [6.45, 7) is 0. The Hall–Kier alpha value is -3.03. The third-order valence-corrected chi connectivity index (χ3v) is 5.06. The van der Waals surface area contributed by atoms with Gasteiger partial charge in [-0.05, 0) is 36.5 Å². The van der Waals surface area contributed by atoms with Gasteiger partial charge in [-0.25, -0.2) is 0 Å². The van der Waals surface area contributed by atoms with Crippen LogP contribution in [-0.4, -0.2) is 19.4 Å². The fraction of sp³-hybridized carbons (Fsp3) is 0. The standard InChI is InChI=1S/C20H17N3O2S2/c24-27(25,18-14-8-3-9-15-18)23-19(16-10-4-1-5-11-16)22-20(26)21-17-12-6-2-7-13-17/h1-15H,(H2,21,22,23,26). The lowest BCUT2D eigenvalue weighted by molar-refractivity contribution is 0.598. The van der Waals surface area contributed by atoms with E-state index in [2.05, 4.69) is 15.0 Å². The summed E-state index contributed by atoms with van der Waals surface area (Å²) in [4.78, 5) is 0.113. The number of rotatable bonds is 4. The SMILES string of the molecule is O=S(=O)(/N=C(\NC(=S)Nc1ccccc1)c1ccccc1)c1ccccc1. The first kappa shape index (κ1) is 18.8. The Labute approximate surface area is 163 Å². The van der Waals surface area contributed by atoms with Crippen molar-refractivity contribution in [2.75, 3.05) is 5.32 Å². The van der Waals surface area contributed by atoms with Gasteiger partial charge < -0.3 is 10.6 Å². The van der Waals surface area contributed by atoms with Crippen molar-refractivity contribution in [2.24, 2.45) is 4.40 Å². The zero-order chi connectivity index (χ0) is 19.1. The number of nitrogens with one attached hydrogen (secondary N) is 2. The van der Waals surface area contributed by atoms with Crippen LogP contribution in [0, 0.1) is 0 Å². The highest BCUT2D eigenvalue weighted by atomic mass is 32.2. The molecule has 0 aliphatic carbocycles. The smallest absolute Gasteiger partial charge is 0.284 e. The summed E-state index contributed by atoms with van der Waals surface area (Å²) in [7, 11) is -3.89. The Balaban J connectivity index is 1.91. The largest absolute Gasteiger partial charge is 0.332 e. The highest BCUT2D eigenvalue weighted by molar-refractivity contribution is 7.90. The summed E-state index contributed by atoms with van der Waals surface area (Å²) in [5.41, 5.74) is 1.39. The van der Waals surface area contributed by atoms with Crippen LogP contribution in [0.15, 0.2) is 100 Å². The van der Waals surface area contributed by atoms with Crippen LogP contribution in [0.4, 0.5) is 5.69 Å². The predicted octanol–water partition coefficient (Wildman–Crippen LogP) is 3.81. The van der Waals surface area contributed by atoms with E-state index in [1.807, 2.05) is 36.4 Å². The van der Waals surface area contributed by atoms with Crippen molar-refractivity contribution < 1.29 is 8.42 Å². The Morgan fingerprint density at radius 2 is 1.30 bits per heavy atom. The van der Waals surface area contributed by atoms with Gasteiger partial charge in [0.15, 0.2) is 10.9 Å². The van der Waals surface area contributed by atoms with E-state index in [-0.39, 0.29) is 15.8 Å². The van der Waals surface area contributed by atoms with Gasteiger partial charge in [-0.2, -0.15) is 8.42 Å². The monoisotopic (exact) mass is 395 g/mol. The molecule has 0 saturated heterocycles. The summed E-state index contributed by atoms with van der Waals surface area (Å²) in [5, 5.41) is 6.15. The van der Waals surface area contributed by atoms with Gasteiger partial charge in [0.1, 0.15) is 0 Å². The lowest BCUT2D eigenvalue weighted by atomic mass is 10.2. The Bertz CT molecular complexity index is 1040. The predicted molar refractivity (Wildman–Crippen MR) is 112 cm³/mol. The molecule has 0 amide bonds. The fourth-order valence-electron chi connectivity index (χ4n) is 2.30. The zero-order valence-corrected chi connectivity index (χ0v) is 15.9. The normalized spacial score (nSPS) is 11.6. The number of para-hydroxylation sites is 1. The van der Waals surface area contributed by atoms with Gasteiger partial charge in [-0.1, -0.05) is 66.7 Å². The van der Waals surface area contributed by atoms with E-state index < -0.39 is 10.0 Å². The van der Waals surface area contributed by atoms with E-state index in [1.165, 1.54) is 12.1 Å². The molecule has 0 aliphatic rings. The highest BCUT2D eigenvalue weighted by Gasteiger charge is 2.16. The van der Waals surface area contributed by atoms with Crippen LogP contribution < -0.4 is 10.6 Å². The van der Waals surface area contributed by atoms with Crippen LogP contribution in [0.5, 0.6) is 0 Å². The number of amidine groups is 1. The first-order chi connectivity index (χ1) is 13.0. The number of anilines is 1. The van der Waals surface area contributed by atoms with Crippen molar-refractivity contribution in [2.45, 2.75) is 4.90 Å². The number of hydrogen-bond donors (Lipinski definition) is 2. The van der Waals surface area contributed by atoms with Crippen molar-refractivity contribution >= 4 is 38.9 Å². The molecule has 7 heteroatoms. The van der Waals surface area contributed by atoms with E-state index in [9.17, 15) is 8.42 Å². The molecule has 3 aromatic carbocycles. The van der Waals surface area contributed by atoms with Crippen molar-refractivity contribution in [3.8, 4) is 0 Å². The first-order valence-electron chi connectivity index (χ1n) is 8.13. The molecule has 0 heterocycles. The second kappa shape index (κ2) is 8.57. The average Bonchev–Trinajstić information content (AvgIpc) is 2.69. The zero-order valence-electron chi connectivity index (χ0n) is 14.2. The second-order valence-electron chi connectivity index (χ2n) is 5.54. The molecule has 0 unspecified atom stereocenters. The summed E-state index contributed by atoms with van der Waals surface area (Å²) < 4.78 is 29.3. The van der Waals surface area contributed by atoms with Crippen molar-refractivity contribution in [3.63, 3.8) is 0 Å². The molecule has 0 aliphatic heterocycles. The number of thiocarbonyl (C=S) groups is 1. The summed E-state index contributed by atoms with van der Waals surface area (Å²) in [6, 6.07) is 26.4. The minimum Gasteiger partial charge on any atom is -0.332 e. The van der Waals surface area contributed by atoms with Gasteiger partial charge >= 0.3 is 0 Å². The molecule has 0 radical (unpaired) electrons. The van der Waals surface area contributed by atoms with Gasteiger partial charge in [0.25, 0.3) is 10.0 Å². The van der Waals surface area contributed by atoms with Crippen molar-refractivity contribution in [1.29, 1.82) is 0 Å². The molecule has 2 N–H and O–H groups in total. The molecule has 136 valence electrons. The van der Waals surface area contributed by atoms with E-state index >= 15 is 0 Å². The highest BCUT2D eigenvalue weighted by Crippen LogP contribution is 2.13. The van der Waals surface area contributed by atoms with Crippen molar-refractivity contribution in [3.05, 3.63) is 96.6 Å². The van der Waals surface area contributed by atoms with E-state index in [1.54, 1.807) is 42.5 Å². The molecule has 0 fully saturated rings. The molecule has 27 heavy (non-hydrogen) atoms. The van der Waals surface area contributed by atoms with Gasteiger partial charge in [-0.15, -0.1) is 4.40 Å². The molecule has 0 saturated carbocycles. The molecular formula is C20H17N3O2S2. The van der Waals surface area contributed by atoms with Gasteiger partial charge in [0.2, 0.25) is 0 Å². The summed E-state index contributed by atoms with van der Waals surface area (Å²) in [5.74, 6) is 0.146. The quantitative estimate of drug-likeness (QED) is 0.399. The van der Waals surface area contributed by atoms with Gasteiger partial charge in [0.05, 0.1) is 4.90 Å². The molecule has 0 bridgehead atoms. The molecule has 3 rings (SSSR count). The lowest BCUT2D eigenvalue weighted by Crippen LogP contribution is -2.35. The minimum absolute atomic E-state index is 0.113. The van der Waals surface area contributed by atoms with Crippen LogP contribution in [0.2, 0.25) is 0 Å². The summed E-state index contributed by atoms with van der Waals surface area (Å²) >= 11 is 5.32. The molecular weight excluding hydrogens is 378 g/mol. The minimum atomic E-state index is -3.89. The van der Waals surface area contributed by atoms with E-state index in [4.69, 9.17) is 12.2 Å². The third kappa shape index (κ3) is 5.22. The fourth-order valence-corrected chi connectivity index (χ4v) is 3.51. The molecule has 3 aromatic rings. The number of nitrogens with zero attached hydrogens (tertiary/aromatic N) is 1. The summed E-state index contributed by atoms with van der Waals surface area (Å²) in [6.07, 6.45) is 0. The Morgan fingerprint density at radius 3 is 1.89 bits per heavy atom. The Kier molecular flexibility index (Phi) is 5.95. The van der Waals surface area contributed by atoms with Crippen LogP contribution in [-0.2, 0) is 10.0 Å². The van der Waals surface area contributed by atoms with E-state index in [0.717, 1.165) is 5.69 Å². The Morgan fingerprint density at radius 1 is 0.778 bits per heavy atom. The number of hydrogen-bond acceptors (Lipinski definition) is 3. The van der Waals surface area contributed by atoms with Crippen LogP contribution in [0.25, 0.3) is 0 Å². The molecule has 0 atom stereocenters. The van der Waals surface area contributed by atoms with Crippen molar-refractivity contribution in [1.82, 2.24) is 5.32 Å². The maximum absolute atomic E-state index is 12.7.